The zero-order valence-corrected chi connectivity index (χ0v) is 10.0. The van der Waals surface area contributed by atoms with Crippen molar-refractivity contribution in [2.24, 2.45) is 11.7 Å². The maximum Gasteiger partial charge on any atom is 0.248 e. The van der Waals surface area contributed by atoms with Gasteiger partial charge in [-0.2, -0.15) is 0 Å². The molecule has 1 amide bonds. The van der Waals surface area contributed by atoms with Crippen LogP contribution in [0.2, 0.25) is 0 Å². The van der Waals surface area contributed by atoms with Crippen LogP contribution in [-0.4, -0.2) is 12.5 Å². The molecule has 3 nitrogen and oxygen atoms in total. The maximum atomic E-state index is 12.0. The second-order valence-electron chi connectivity index (χ2n) is 4.88. The molecule has 0 aromatic heterocycles. The summed E-state index contributed by atoms with van der Waals surface area (Å²) < 4.78 is 0. The number of aryl methyl sites for hydroxylation is 1. The van der Waals surface area contributed by atoms with Crippen LogP contribution in [0.3, 0.4) is 0 Å². The van der Waals surface area contributed by atoms with E-state index in [0.717, 1.165) is 23.4 Å². The molecule has 0 bridgehead atoms. The first kappa shape index (κ1) is 11.1. The van der Waals surface area contributed by atoms with E-state index in [1.807, 2.05) is 30.0 Å². The first-order valence-electron chi connectivity index (χ1n) is 5.68. The zero-order chi connectivity index (χ0) is 11.9. The van der Waals surface area contributed by atoms with E-state index >= 15 is 0 Å². The molecule has 2 rings (SSSR count). The van der Waals surface area contributed by atoms with Gasteiger partial charge < -0.3 is 10.6 Å². The number of carbonyl (C=O) groups is 1. The summed E-state index contributed by atoms with van der Waals surface area (Å²) in [5.41, 5.74) is 9.03. The lowest BCUT2D eigenvalue weighted by atomic mass is 10.1. The van der Waals surface area contributed by atoms with E-state index in [1.54, 1.807) is 0 Å². The van der Waals surface area contributed by atoms with Gasteiger partial charge in [0, 0.05) is 17.8 Å². The fraction of sp³-hybridized carbons (Fsp3) is 0.462. The van der Waals surface area contributed by atoms with Gasteiger partial charge in [0.25, 0.3) is 0 Å². The normalized spacial score (nSPS) is 19.4. The molecule has 0 fully saturated rings. The predicted molar refractivity (Wildman–Crippen MR) is 65.3 cm³/mol. The molecule has 16 heavy (non-hydrogen) atoms. The highest BCUT2D eigenvalue weighted by Gasteiger charge is 2.34. The SMILES string of the molecule is Cc1ccc2c(c1)C(N)C(=O)N2CC(C)C. The van der Waals surface area contributed by atoms with Gasteiger partial charge in [0.1, 0.15) is 6.04 Å². The molecule has 86 valence electrons. The van der Waals surface area contributed by atoms with E-state index < -0.39 is 6.04 Å². The van der Waals surface area contributed by atoms with Crippen LogP contribution in [0.25, 0.3) is 0 Å². The van der Waals surface area contributed by atoms with Crippen molar-refractivity contribution in [1.29, 1.82) is 0 Å². The molecule has 1 atom stereocenters. The van der Waals surface area contributed by atoms with Gasteiger partial charge >= 0.3 is 0 Å². The summed E-state index contributed by atoms with van der Waals surface area (Å²) in [5.74, 6) is 0.470. The standard InChI is InChI=1S/C13H18N2O/c1-8(2)7-15-11-5-4-9(3)6-10(11)12(14)13(15)16/h4-6,8,12H,7,14H2,1-3H3. The number of carbonyl (C=O) groups excluding carboxylic acids is 1. The second kappa shape index (κ2) is 3.91. The van der Waals surface area contributed by atoms with Crippen molar-refractivity contribution in [3.8, 4) is 0 Å². The lowest BCUT2D eigenvalue weighted by Crippen LogP contribution is -2.34. The van der Waals surface area contributed by atoms with Crippen molar-refractivity contribution in [2.75, 3.05) is 11.4 Å². The quantitative estimate of drug-likeness (QED) is 0.825. The number of fused-ring (bicyclic) bond motifs is 1. The minimum absolute atomic E-state index is 0.0225. The molecule has 1 aromatic carbocycles. The number of nitrogens with zero attached hydrogens (tertiary/aromatic N) is 1. The van der Waals surface area contributed by atoms with Crippen LogP contribution < -0.4 is 10.6 Å². The van der Waals surface area contributed by atoms with E-state index in [1.165, 1.54) is 0 Å². The topological polar surface area (TPSA) is 46.3 Å². The highest BCUT2D eigenvalue weighted by atomic mass is 16.2. The molecule has 0 saturated carbocycles. The Labute approximate surface area is 96.2 Å². The first-order valence-corrected chi connectivity index (χ1v) is 5.68. The Morgan fingerprint density at radius 1 is 1.44 bits per heavy atom. The summed E-state index contributed by atoms with van der Waals surface area (Å²) in [6.45, 7) is 6.96. The number of anilines is 1. The lowest BCUT2D eigenvalue weighted by Gasteiger charge is -2.19. The molecule has 1 aromatic rings. The second-order valence-corrected chi connectivity index (χ2v) is 4.88. The summed E-state index contributed by atoms with van der Waals surface area (Å²) in [6.07, 6.45) is 0. The van der Waals surface area contributed by atoms with Crippen molar-refractivity contribution >= 4 is 11.6 Å². The van der Waals surface area contributed by atoms with E-state index in [-0.39, 0.29) is 5.91 Å². The van der Waals surface area contributed by atoms with Crippen LogP contribution >= 0.6 is 0 Å². The molecule has 1 heterocycles. The third kappa shape index (κ3) is 1.71. The van der Waals surface area contributed by atoms with E-state index in [4.69, 9.17) is 5.73 Å². The lowest BCUT2D eigenvalue weighted by molar-refractivity contribution is -0.119. The molecule has 0 aliphatic carbocycles. The van der Waals surface area contributed by atoms with Gasteiger partial charge in [-0.1, -0.05) is 31.5 Å². The molecule has 0 spiro atoms. The Kier molecular flexibility index (Phi) is 2.72. The van der Waals surface area contributed by atoms with Gasteiger partial charge in [-0.05, 0) is 18.9 Å². The number of nitrogens with two attached hydrogens (primary N) is 1. The van der Waals surface area contributed by atoms with Crippen molar-refractivity contribution < 1.29 is 4.79 Å². The average molecular weight is 218 g/mol. The van der Waals surface area contributed by atoms with Crippen LogP contribution in [0.5, 0.6) is 0 Å². The number of benzene rings is 1. The molecule has 3 heteroatoms. The smallest absolute Gasteiger partial charge is 0.248 e. The Morgan fingerprint density at radius 3 is 2.75 bits per heavy atom. The fourth-order valence-electron chi connectivity index (χ4n) is 2.14. The van der Waals surface area contributed by atoms with Gasteiger partial charge in [0.05, 0.1) is 0 Å². The van der Waals surface area contributed by atoms with Gasteiger partial charge in [-0.3, -0.25) is 4.79 Å². The third-order valence-corrected chi connectivity index (χ3v) is 2.89. The Morgan fingerprint density at radius 2 is 2.12 bits per heavy atom. The van der Waals surface area contributed by atoms with E-state index in [2.05, 4.69) is 13.8 Å². The van der Waals surface area contributed by atoms with E-state index in [0.29, 0.717) is 5.92 Å². The van der Waals surface area contributed by atoms with Gasteiger partial charge in [-0.15, -0.1) is 0 Å². The van der Waals surface area contributed by atoms with Crippen molar-refractivity contribution in [3.63, 3.8) is 0 Å². The molecule has 2 N–H and O–H groups in total. The van der Waals surface area contributed by atoms with Crippen molar-refractivity contribution in [1.82, 2.24) is 0 Å². The highest BCUT2D eigenvalue weighted by molar-refractivity contribution is 6.04. The average Bonchev–Trinajstić information content (AvgIpc) is 2.43. The number of hydrogen-bond acceptors (Lipinski definition) is 2. The van der Waals surface area contributed by atoms with E-state index in [9.17, 15) is 4.79 Å². The van der Waals surface area contributed by atoms with Crippen LogP contribution in [0.4, 0.5) is 5.69 Å². The van der Waals surface area contributed by atoms with Crippen molar-refractivity contribution in [3.05, 3.63) is 29.3 Å². The summed E-state index contributed by atoms with van der Waals surface area (Å²) in [5, 5.41) is 0. The first-order chi connectivity index (χ1) is 7.50. The number of rotatable bonds is 2. The minimum Gasteiger partial charge on any atom is -0.316 e. The molecule has 0 radical (unpaired) electrons. The maximum absolute atomic E-state index is 12.0. The van der Waals surface area contributed by atoms with Gasteiger partial charge in [0.2, 0.25) is 5.91 Å². The largest absolute Gasteiger partial charge is 0.316 e. The summed E-state index contributed by atoms with van der Waals surface area (Å²) in [7, 11) is 0. The highest BCUT2D eigenvalue weighted by Crippen LogP contribution is 2.35. The molecule has 1 aliphatic rings. The Bertz CT molecular complexity index is 426. The summed E-state index contributed by atoms with van der Waals surface area (Å²) >= 11 is 0. The predicted octanol–water partition coefficient (Wildman–Crippen LogP) is 2.00. The van der Waals surface area contributed by atoms with Crippen LogP contribution in [-0.2, 0) is 4.79 Å². The zero-order valence-electron chi connectivity index (χ0n) is 10.0. The minimum atomic E-state index is -0.478. The molecular formula is C13H18N2O. The Hall–Kier alpha value is -1.35. The fourth-order valence-corrected chi connectivity index (χ4v) is 2.14. The molecular weight excluding hydrogens is 200 g/mol. The van der Waals surface area contributed by atoms with Crippen LogP contribution in [0, 0.1) is 12.8 Å². The van der Waals surface area contributed by atoms with Gasteiger partial charge in [-0.25, -0.2) is 0 Å². The van der Waals surface area contributed by atoms with Gasteiger partial charge in [0.15, 0.2) is 0 Å². The summed E-state index contributed by atoms with van der Waals surface area (Å²) in [6, 6.07) is 5.56. The monoisotopic (exact) mass is 218 g/mol. The van der Waals surface area contributed by atoms with Crippen LogP contribution in [0.1, 0.15) is 31.0 Å². The Balaban J connectivity index is 2.42. The molecule has 1 aliphatic heterocycles. The van der Waals surface area contributed by atoms with Crippen molar-refractivity contribution in [2.45, 2.75) is 26.8 Å². The van der Waals surface area contributed by atoms with Crippen LogP contribution in [0.15, 0.2) is 18.2 Å². The molecule has 1 unspecified atom stereocenters. The number of hydrogen-bond donors (Lipinski definition) is 1. The number of amides is 1. The summed E-state index contributed by atoms with van der Waals surface area (Å²) in [4.78, 5) is 13.8. The molecule has 0 saturated heterocycles. The third-order valence-electron chi connectivity index (χ3n) is 2.89.